The standard InChI is InChI=1S/C32H37N6O2/c39-31(14-19-33-23-27-9-1-2-13-32(27)40)15-20-37(24-28-10-3-6-16-34-28)21-22-38(25-29-11-4-7-17-35-29)26-30-12-5-8-18-36-30/h1-13,16-18,23,31,40H,14-15,19-22,24-26H2/q-1. The van der Waals surface area contributed by atoms with Gasteiger partial charge < -0.3 is 10.2 Å². The zero-order valence-electron chi connectivity index (χ0n) is 22.8. The number of hydrogen-bond acceptors (Lipinski definition) is 8. The number of phenolic OH excluding ortho intramolecular Hbond substituents is 1. The van der Waals surface area contributed by atoms with Crippen LogP contribution in [0.3, 0.4) is 0 Å². The van der Waals surface area contributed by atoms with Gasteiger partial charge in [0.1, 0.15) is 5.75 Å². The van der Waals surface area contributed by atoms with Gasteiger partial charge in [0.05, 0.1) is 17.1 Å². The lowest BCUT2D eigenvalue weighted by Crippen LogP contribution is -2.38. The van der Waals surface area contributed by atoms with Crippen molar-refractivity contribution in [3.05, 3.63) is 120 Å². The van der Waals surface area contributed by atoms with Crippen LogP contribution < -0.4 is 5.11 Å². The lowest BCUT2D eigenvalue weighted by Gasteiger charge is -2.30. The van der Waals surface area contributed by atoms with Gasteiger partial charge in [-0.25, -0.2) is 0 Å². The predicted molar refractivity (Wildman–Crippen MR) is 156 cm³/mol. The van der Waals surface area contributed by atoms with Crippen molar-refractivity contribution in [1.82, 2.24) is 24.8 Å². The molecule has 8 nitrogen and oxygen atoms in total. The average molecular weight is 538 g/mol. The first-order valence-electron chi connectivity index (χ1n) is 13.7. The fraction of sp³-hybridized carbons (Fsp3) is 0.312. The van der Waals surface area contributed by atoms with Crippen molar-refractivity contribution < 1.29 is 10.2 Å². The minimum absolute atomic E-state index is 0.190. The zero-order chi connectivity index (χ0) is 27.8. The number of benzene rings is 1. The van der Waals surface area contributed by atoms with Crippen molar-refractivity contribution in [3.8, 4) is 5.75 Å². The van der Waals surface area contributed by atoms with E-state index in [0.29, 0.717) is 51.1 Å². The number of aliphatic imine (C=N–C) groups is 1. The maximum Gasteiger partial charge on any atom is 0.124 e. The fourth-order valence-electron chi connectivity index (χ4n) is 4.38. The van der Waals surface area contributed by atoms with E-state index in [2.05, 4.69) is 29.7 Å². The van der Waals surface area contributed by atoms with Crippen LogP contribution in [0.5, 0.6) is 5.75 Å². The molecule has 1 aromatic carbocycles. The molecule has 0 saturated heterocycles. The largest absolute Gasteiger partial charge is 0.852 e. The van der Waals surface area contributed by atoms with Gasteiger partial charge in [0, 0.05) is 69.6 Å². The summed E-state index contributed by atoms with van der Waals surface area (Å²) in [6.45, 7) is 4.81. The molecule has 0 spiro atoms. The highest BCUT2D eigenvalue weighted by molar-refractivity contribution is 5.83. The number of hydrogen-bond donors (Lipinski definition) is 1. The number of nitrogens with zero attached hydrogens (tertiary/aromatic N) is 6. The molecular weight excluding hydrogens is 500 g/mol. The number of para-hydroxylation sites is 1. The molecule has 1 unspecified atom stereocenters. The summed E-state index contributed by atoms with van der Waals surface area (Å²) >= 11 is 0. The van der Waals surface area contributed by atoms with Crippen LogP contribution in [0.15, 0.2) is 102 Å². The molecule has 0 fully saturated rings. The Bertz CT molecular complexity index is 1230. The second-order valence-corrected chi connectivity index (χ2v) is 9.74. The molecule has 0 aliphatic carbocycles. The van der Waals surface area contributed by atoms with Crippen molar-refractivity contribution in [1.29, 1.82) is 0 Å². The zero-order valence-corrected chi connectivity index (χ0v) is 22.8. The molecule has 0 aliphatic heterocycles. The smallest absolute Gasteiger partial charge is 0.124 e. The van der Waals surface area contributed by atoms with E-state index in [0.717, 1.165) is 30.2 Å². The van der Waals surface area contributed by atoms with Crippen LogP contribution in [0.1, 0.15) is 35.5 Å². The van der Waals surface area contributed by atoms with E-state index in [4.69, 9.17) is 0 Å². The van der Waals surface area contributed by atoms with E-state index in [1.54, 1.807) is 30.6 Å². The summed E-state index contributed by atoms with van der Waals surface area (Å²) < 4.78 is 0. The van der Waals surface area contributed by atoms with Crippen LogP contribution >= 0.6 is 0 Å². The summed E-state index contributed by atoms with van der Waals surface area (Å²) in [5.74, 6) is 0.190. The molecule has 0 saturated carbocycles. The highest BCUT2D eigenvalue weighted by Gasteiger charge is 2.13. The van der Waals surface area contributed by atoms with Gasteiger partial charge in [-0.1, -0.05) is 36.8 Å². The Morgan fingerprint density at radius 3 is 1.75 bits per heavy atom. The second kappa shape index (κ2) is 16.2. The fourth-order valence-corrected chi connectivity index (χ4v) is 4.38. The van der Waals surface area contributed by atoms with Gasteiger partial charge in [-0.05, 0) is 61.5 Å². The molecular formula is C32H37N6O2-. The molecule has 208 valence electrons. The average Bonchev–Trinajstić information content (AvgIpc) is 2.99. The molecule has 4 rings (SSSR count). The van der Waals surface area contributed by atoms with Crippen LogP contribution in [-0.4, -0.2) is 68.4 Å². The number of phenols is 1. The molecule has 1 N–H and O–H groups in total. The Balaban J connectivity index is 1.34. The third kappa shape index (κ3) is 10.3. The maximum absolute atomic E-state index is 12.8. The Morgan fingerprint density at radius 1 is 0.675 bits per heavy atom. The van der Waals surface area contributed by atoms with Crippen molar-refractivity contribution >= 4 is 6.21 Å². The minimum atomic E-state index is -0.717. The van der Waals surface area contributed by atoms with E-state index < -0.39 is 6.10 Å². The van der Waals surface area contributed by atoms with Gasteiger partial charge in [-0.3, -0.25) is 29.7 Å². The van der Waals surface area contributed by atoms with Crippen LogP contribution in [0.2, 0.25) is 0 Å². The van der Waals surface area contributed by atoms with Crippen LogP contribution in [0.25, 0.3) is 0 Å². The lowest BCUT2D eigenvalue weighted by molar-refractivity contribution is -0.422. The molecule has 0 amide bonds. The summed E-state index contributed by atoms with van der Waals surface area (Å²) in [6.07, 6.45) is 7.34. The molecule has 3 heterocycles. The number of rotatable bonds is 16. The number of pyridine rings is 3. The van der Waals surface area contributed by atoms with E-state index in [1.165, 1.54) is 0 Å². The first-order valence-corrected chi connectivity index (χ1v) is 13.7. The quantitative estimate of drug-likeness (QED) is 0.218. The van der Waals surface area contributed by atoms with Crippen LogP contribution in [-0.2, 0) is 19.6 Å². The highest BCUT2D eigenvalue weighted by Crippen LogP contribution is 2.13. The van der Waals surface area contributed by atoms with Gasteiger partial charge in [0.2, 0.25) is 0 Å². The first-order chi connectivity index (χ1) is 19.7. The van der Waals surface area contributed by atoms with Crippen LogP contribution in [0, 0.1) is 0 Å². The Hall–Kier alpha value is -3.98. The monoisotopic (exact) mass is 537 g/mol. The SMILES string of the molecule is [O-]C(CCN=Cc1ccccc1O)CCN(CCN(Cc1ccccn1)Cc1ccccn1)Cc1ccccn1. The van der Waals surface area contributed by atoms with Gasteiger partial charge in [-0.2, -0.15) is 0 Å². The summed E-state index contributed by atoms with van der Waals surface area (Å²) in [6, 6.07) is 24.9. The van der Waals surface area contributed by atoms with Crippen molar-refractivity contribution in [2.24, 2.45) is 4.99 Å². The predicted octanol–water partition coefficient (Wildman–Crippen LogP) is 3.71. The second-order valence-electron chi connectivity index (χ2n) is 9.74. The summed E-state index contributed by atoms with van der Waals surface area (Å²) in [7, 11) is 0. The summed E-state index contributed by atoms with van der Waals surface area (Å²) in [4.78, 5) is 22.6. The van der Waals surface area contributed by atoms with Crippen molar-refractivity contribution in [2.75, 3.05) is 26.2 Å². The third-order valence-corrected chi connectivity index (χ3v) is 6.58. The maximum atomic E-state index is 12.8. The first kappa shape index (κ1) is 29.0. The normalized spacial score (nSPS) is 12.4. The van der Waals surface area contributed by atoms with Gasteiger partial charge in [-0.15, -0.1) is 6.10 Å². The molecule has 4 aromatic rings. The molecule has 1 atom stereocenters. The number of aromatic nitrogens is 3. The highest BCUT2D eigenvalue weighted by atomic mass is 16.3. The Morgan fingerprint density at radius 2 is 1.20 bits per heavy atom. The van der Waals surface area contributed by atoms with Crippen molar-refractivity contribution in [2.45, 2.75) is 38.6 Å². The van der Waals surface area contributed by atoms with E-state index in [9.17, 15) is 10.2 Å². The van der Waals surface area contributed by atoms with E-state index in [1.807, 2.05) is 73.1 Å². The summed E-state index contributed by atoms with van der Waals surface area (Å²) in [5.41, 5.74) is 3.67. The van der Waals surface area contributed by atoms with Gasteiger partial charge in [0.15, 0.2) is 0 Å². The van der Waals surface area contributed by atoms with Gasteiger partial charge >= 0.3 is 0 Å². The molecule has 0 aliphatic rings. The van der Waals surface area contributed by atoms with Crippen LogP contribution in [0.4, 0.5) is 0 Å². The Kier molecular flexibility index (Phi) is 11.8. The molecule has 0 bridgehead atoms. The topological polar surface area (TPSA) is 101 Å². The van der Waals surface area contributed by atoms with E-state index >= 15 is 0 Å². The minimum Gasteiger partial charge on any atom is -0.852 e. The van der Waals surface area contributed by atoms with E-state index in [-0.39, 0.29) is 5.75 Å². The number of aromatic hydroxyl groups is 1. The molecule has 0 radical (unpaired) electrons. The summed E-state index contributed by atoms with van der Waals surface area (Å²) in [5, 5.41) is 22.7. The molecule has 3 aromatic heterocycles. The van der Waals surface area contributed by atoms with Crippen molar-refractivity contribution in [3.63, 3.8) is 0 Å². The molecule has 8 heteroatoms. The van der Waals surface area contributed by atoms with Gasteiger partial charge in [0.25, 0.3) is 0 Å². The Labute approximate surface area is 236 Å². The third-order valence-electron chi connectivity index (χ3n) is 6.58. The molecule has 40 heavy (non-hydrogen) atoms. The lowest BCUT2D eigenvalue weighted by atomic mass is 10.1.